The van der Waals surface area contributed by atoms with Crippen LogP contribution < -0.4 is 10.6 Å². The number of anilines is 1. The highest BCUT2D eigenvalue weighted by molar-refractivity contribution is 7.99. The molecular weight excluding hydrogens is 443 g/mol. The summed E-state index contributed by atoms with van der Waals surface area (Å²) >= 11 is 1.87. The van der Waals surface area contributed by atoms with Crippen LogP contribution in [0.5, 0.6) is 0 Å². The molecule has 30 heavy (non-hydrogen) atoms. The van der Waals surface area contributed by atoms with E-state index in [1.165, 1.54) is 13.1 Å². The smallest absolute Gasteiger partial charge is 0.417 e. The summed E-state index contributed by atoms with van der Waals surface area (Å²) in [7, 11) is 1.44. The lowest BCUT2D eigenvalue weighted by Gasteiger charge is -2.08. The van der Waals surface area contributed by atoms with Crippen molar-refractivity contribution in [1.29, 1.82) is 0 Å². The quantitative estimate of drug-likeness (QED) is 0.482. The normalized spacial score (nSPS) is 11.1. The molecule has 2 amide bonds. The number of carbonyl (C=O) groups excluding carboxylic acids is 3. The van der Waals surface area contributed by atoms with Gasteiger partial charge in [-0.15, -0.1) is 11.3 Å². The molecule has 0 bridgehead atoms. The maximum absolute atomic E-state index is 12.6. The number of aromatic nitrogens is 1. The summed E-state index contributed by atoms with van der Waals surface area (Å²) in [5.74, 6) is -1.76. The Bertz CT molecular complexity index is 943. The summed E-state index contributed by atoms with van der Waals surface area (Å²) < 4.78 is 42.7. The summed E-state index contributed by atoms with van der Waals surface area (Å²) in [4.78, 5) is 40.6. The van der Waals surface area contributed by atoms with Gasteiger partial charge in [-0.2, -0.15) is 13.2 Å². The van der Waals surface area contributed by atoms with Gasteiger partial charge in [-0.05, 0) is 31.5 Å². The van der Waals surface area contributed by atoms with Crippen LogP contribution in [0, 0.1) is 6.92 Å². The van der Waals surface area contributed by atoms with E-state index < -0.39 is 29.5 Å². The molecule has 0 radical (unpaired) electrons. The van der Waals surface area contributed by atoms with Crippen LogP contribution in [0.1, 0.15) is 38.1 Å². The zero-order valence-corrected chi connectivity index (χ0v) is 17.8. The SMILES string of the molecule is CCOC(=O)c1c(NC(=O)CSc2ccc(C(F)(F)F)cn2)sc(C(=O)NC)c1C. The average Bonchev–Trinajstić information content (AvgIpc) is 3.01. The summed E-state index contributed by atoms with van der Waals surface area (Å²) in [5, 5.41) is 5.42. The van der Waals surface area contributed by atoms with Gasteiger partial charge in [-0.25, -0.2) is 9.78 Å². The minimum atomic E-state index is -4.49. The molecule has 2 aromatic rings. The Morgan fingerprint density at radius 1 is 1.27 bits per heavy atom. The third-order valence-electron chi connectivity index (χ3n) is 3.73. The topological polar surface area (TPSA) is 97.4 Å². The molecule has 12 heteroatoms. The van der Waals surface area contributed by atoms with E-state index in [1.54, 1.807) is 13.8 Å². The number of nitrogens with zero attached hydrogens (tertiary/aromatic N) is 1. The zero-order chi connectivity index (χ0) is 22.5. The maximum Gasteiger partial charge on any atom is 0.417 e. The first-order chi connectivity index (χ1) is 14.1. The van der Waals surface area contributed by atoms with Gasteiger partial charge in [0.25, 0.3) is 5.91 Å². The van der Waals surface area contributed by atoms with E-state index in [2.05, 4.69) is 15.6 Å². The maximum atomic E-state index is 12.6. The van der Waals surface area contributed by atoms with Crippen molar-refractivity contribution < 1.29 is 32.3 Å². The van der Waals surface area contributed by atoms with Crippen LogP contribution in [0.15, 0.2) is 23.4 Å². The lowest BCUT2D eigenvalue weighted by atomic mass is 10.1. The molecule has 7 nitrogen and oxygen atoms in total. The van der Waals surface area contributed by atoms with E-state index in [1.807, 2.05) is 0 Å². The van der Waals surface area contributed by atoms with Gasteiger partial charge in [0.1, 0.15) is 5.00 Å². The Hall–Kier alpha value is -2.60. The van der Waals surface area contributed by atoms with Gasteiger partial charge in [0, 0.05) is 13.2 Å². The van der Waals surface area contributed by atoms with Crippen LogP contribution in [0.25, 0.3) is 0 Å². The molecule has 0 aliphatic heterocycles. The first kappa shape index (κ1) is 23.7. The Kier molecular flexibility index (Phi) is 7.84. The second-order valence-corrected chi connectivity index (χ2v) is 7.80. The number of carbonyl (C=O) groups is 3. The molecule has 162 valence electrons. The number of amides is 2. The second kappa shape index (κ2) is 9.94. The molecule has 0 aliphatic carbocycles. The number of alkyl halides is 3. The predicted octanol–water partition coefficient (Wildman–Crippen LogP) is 3.74. The number of thioether (sulfide) groups is 1. The lowest BCUT2D eigenvalue weighted by molar-refractivity contribution is -0.137. The van der Waals surface area contributed by atoms with Crippen LogP contribution in [-0.2, 0) is 15.7 Å². The van der Waals surface area contributed by atoms with Crippen molar-refractivity contribution in [3.63, 3.8) is 0 Å². The van der Waals surface area contributed by atoms with E-state index in [-0.39, 0.29) is 32.8 Å². The number of halogens is 3. The minimum absolute atomic E-state index is 0.0893. The summed E-state index contributed by atoms with van der Waals surface area (Å²) in [6.45, 7) is 3.32. The molecule has 2 N–H and O–H groups in total. The first-order valence-corrected chi connectivity index (χ1v) is 10.4. The van der Waals surface area contributed by atoms with Crippen molar-refractivity contribution in [1.82, 2.24) is 10.3 Å². The van der Waals surface area contributed by atoms with E-state index in [9.17, 15) is 27.6 Å². The minimum Gasteiger partial charge on any atom is -0.462 e. The van der Waals surface area contributed by atoms with Gasteiger partial charge in [-0.3, -0.25) is 9.59 Å². The molecule has 0 atom stereocenters. The predicted molar refractivity (Wildman–Crippen MR) is 107 cm³/mol. The highest BCUT2D eigenvalue weighted by atomic mass is 32.2. The number of ether oxygens (including phenoxy) is 1. The zero-order valence-electron chi connectivity index (χ0n) is 16.2. The van der Waals surface area contributed by atoms with E-state index in [4.69, 9.17) is 4.74 Å². The third kappa shape index (κ3) is 5.72. The van der Waals surface area contributed by atoms with Gasteiger partial charge >= 0.3 is 12.1 Å². The molecule has 0 aliphatic rings. The largest absolute Gasteiger partial charge is 0.462 e. The number of hydrogen-bond donors (Lipinski definition) is 2. The third-order valence-corrected chi connectivity index (χ3v) is 5.88. The highest BCUT2D eigenvalue weighted by Crippen LogP contribution is 2.34. The molecule has 2 rings (SSSR count). The fourth-order valence-corrected chi connectivity index (χ4v) is 4.12. The Morgan fingerprint density at radius 3 is 2.50 bits per heavy atom. The van der Waals surface area contributed by atoms with Crippen LogP contribution in [0.2, 0.25) is 0 Å². The molecule has 0 aromatic carbocycles. The second-order valence-electron chi connectivity index (χ2n) is 5.78. The number of nitrogens with one attached hydrogen (secondary N) is 2. The Balaban J connectivity index is 2.13. The molecule has 2 aromatic heterocycles. The summed E-state index contributed by atoms with van der Waals surface area (Å²) in [5.41, 5.74) is -0.414. The molecular formula is C18H18F3N3O4S2. The average molecular weight is 461 g/mol. The lowest BCUT2D eigenvalue weighted by Crippen LogP contribution is -2.18. The van der Waals surface area contributed by atoms with Gasteiger partial charge in [0.05, 0.1) is 33.4 Å². The number of thiophene rings is 1. The van der Waals surface area contributed by atoms with Crippen LogP contribution in [-0.4, -0.2) is 42.2 Å². The molecule has 0 unspecified atom stereocenters. The number of rotatable bonds is 7. The molecule has 2 heterocycles. The van der Waals surface area contributed by atoms with Gasteiger partial charge in [0.2, 0.25) is 5.91 Å². The fourth-order valence-electron chi connectivity index (χ4n) is 2.32. The van der Waals surface area contributed by atoms with Crippen molar-refractivity contribution in [2.24, 2.45) is 0 Å². The van der Waals surface area contributed by atoms with Crippen molar-refractivity contribution in [2.45, 2.75) is 25.0 Å². The van der Waals surface area contributed by atoms with E-state index in [0.29, 0.717) is 11.8 Å². The van der Waals surface area contributed by atoms with Crippen molar-refractivity contribution in [3.8, 4) is 0 Å². The van der Waals surface area contributed by atoms with E-state index in [0.717, 1.165) is 29.2 Å². The monoisotopic (exact) mass is 461 g/mol. The Morgan fingerprint density at radius 2 is 1.97 bits per heavy atom. The Labute approximate surface area is 178 Å². The number of hydrogen-bond acceptors (Lipinski definition) is 7. The van der Waals surface area contributed by atoms with Crippen LogP contribution in [0.3, 0.4) is 0 Å². The fraction of sp³-hybridized carbons (Fsp3) is 0.333. The number of pyridine rings is 1. The van der Waals surface area contributed by atoms with Crippen LogP contribution >= 0.6 is 23.1 Å². The highest BCUT2D eigenvalue weighted by Gasteiger charge is 2.30. The van der Waals surface area contributed by atoms with Crippen molar-refractivity contribution in [3.05, 3.63) is 39.9 Å². The first-order valence-electron chi connectivity index (χ1n) is 8.56. The van der Waals surface area contributed by atoms with Gasteiger partial charge in [-0.1, -0.05) is 11.8 Å². The van der Waals surface area contributed by atoms with Gasteiger partial charge in [0.15, 0.2) is 0 Å². The molecule has 0 saturated carbocycles. The van der Waals surface area contributed by atoms with Gasteiger partial charge < -0.3 is 15.4 Å². The van der Waals surface area contributed by atoms with E-state index >= 15 is 0 Å². The number of esters is 1. The molecule has 0 saturated heterocycles. The molecule has 0 spiro atoms. The standard InChI is InChI=1S/C18H18F3N3O4S2/c1-4-28-17(27)13-9(2)14(15(26)22-3)30-16(13)24-11(25)8-29-12-6-5-10(7-23-12)18(19,20)21/h5-7H,4,8H2,1-3H3,(H,22,26)(H,24,25). The van der Waals surface area contributed by atoms with Crippen molar-refractivity contribution >= 4 is 45.9 Å². The van der Waals surface area contributed by atoms with Crippen LogP contribution in [0.4, 0.5) is 18.2 Å². The molecule has 0 fully saturated rings. The van der Waals surface area contributed by atoms with Crippen molar-refractivity contribution in [2.75, 3.05) is 24.7 Å². The summed E-state index contributed by atoms with van der Waals surface area (Å²) in [6, 6.07) is 2.05. The summed E-state index contributed by atoms with van der Waals surface area (Å²) in [6.07, 6.45) is -3.80.